The molecule has 3 rings (SSSR count). The molecule has 0 spiro atoms. The van der Waals surface area contributed by atoms with E-state index >= 15 is 0 Å². The van der Waals surface area contributed by atoms with Gasteiger partial charge in [0.15, 0.2) is 0 Å². The Hall–Kier alpha value is -3.37. The lowest BCUT2D eigenvalue weighted by Crippen LogP contribution is -2.54. The van der Waals surface area contributed by atoms with Crippen LogP contribution in [0.15, 0.2) is 88.2 Å². The average Bonchev–Trinajstić information content (AvgIpc) is 2.89. The number of sulfonamides is 1. The van der Waals surface area contributed by atoms with Crippen LogP contribution in [-0.4, -0.2) is 50.4 Å². The molecule has 2 amide bonds. The average molecular weight is 617 g/mol. The molecular weight excluding hydrogens is 582 g/mol. The lowest BCUT2D eigenvalue weighted by atomic mass is 10.1. The van der Waals surface area contributed by atoms with E-state index in [0.717, 1.165) is 14.3 Å². The summed E-state index contributed by atoms with van der Waals surface area (Å²) in [7, 11) is -2.60. The van der Waals surface area contributed by atoms with E-state index in [1.54, 1.807) is 49.4 Å². The molecule has 0 saturated heterocycles. The van der Waals surface area contributed by atoms with Crippen LogP contribution in [0.5, 0.6) is 5.75 Å². The second-order valence-electron chi connectivity index (χ2n) is 10.1. The third-order valence-corrected chi connectivity index (χ3v) is 8.16. The molecule has 39 heavy (non-hydrogen) atoms. The molecule has 0 aliphatic carbocycles. The minimum absolute atomic E-state index is 0.0469. The van der Waals surface area contributed by atoms with E-state index in [-0.39, 0.29) is 17.3 Å². The summed E-state index contributed by atoms with van der Waals surface area (Å²) in [6, 6.07) is 20.9. The van der Waals surface area contributed by atoms with Gasteiger partial charge in [0.05, 0.1) is 17.7 Å². The summed E-state index contributed by atoms with van der Waals surface area (Å²) in [4.78, 5) is 28.5. The van der Waals surface area contributed by atoms with Crippen LogP contribution in [0, 0.1) is 0 Å². The van der Waals surface area contributed by atoms with Crippen molar-refractivity contribution in [1.82, 2.24) is 10.2 Å². The van der Waals surface area contributed by atoms with Gasteiger partial charge in [0.1, 0.15) is 18.3 Å². The number of anilines is 1. The summed E-state index contributed by atoms with van der Waals surface area (Å²) in [5.41, 5.74) is 0.569. The highest BCUT2D eigenvalue weighted by Gasteiger charge is 2.33. The van der Waals surface area contributed by atoms with Crippen LogP contribution in [0.1, 0.15) is 33.3 Å². The van der Waals surface area contributed by atoms with Gasteiger partial charge in [-0.25, -0.2) is 8.42 Å². The fourth-order valence-corrected chi connectivity index (χ4v) is 5.77. The van der Waals surface area contributed by atoms with Crippen molar-refractivity contribution in [3.8, 4) is 5.75 Å². The standard InChI is InChI=1S/C29H34BrN3O5S/c1-21(28(35)31-29(2,3)4)32(19-22-10-9-11-23(30)18-22)27(34)20-33(24-14-16-25(38-5)17-15-24)39(36,37)26-12-7-6-8-13-26/h6-18,21H,19-20H2,1-5H3,(H,31,35)/t21-/m1/s1. The van der Waals surface area contributed by atoms with Crippen molar-refractivity contribution in [2.24, 2.45) is 0 Å². The Morgan fingerprint density at radius 3 is 2.18 bits per heavy atom. The highest BCUT2D eigenvalue weighted by molar-refractivity contribution is 9.10. The number of hydrogen-bond donors (Lipinski definition) is 1. The number of ether oxygens (including phenoxy) is 1. The zero-order valence-corrected chi connectivity index (χ0v) is 25.1. The van der Waals surface area contributed by atoms with E-state index < -0.39 is 34.1 Å². The summed E-state index contributed by atoms with van der Waals surface area (Å²) >= 11 is 3.45. The number of benzene rings is 3. The van der Waals surface area contributed by atoms with Gasteiger partial charge in [0.2, 0.25) is 11.8 Å². The highest BCUT2D eigenvalue weighted by atomic mass is 79.9. The van der Waals surface area contributed by atoms with E-state index in [2.05, 4.69) is 21.2 Å². The zero-order chi connectivity index (χ0) is 28.8. The Morgan fingerprint density at radius 2 is 1.62 bits per heavy atom. The largest absolute Gasteiger partial charge is 0.497 e. The Kier molecular flexibility index (Phi) is 9.79. The molecule has 0 aliphatic heterocycles. The first-order chi connectivity index (χ1) is 18.3. The van der Waals surface area contributed by atoms with Gasteiger partial charge in [-0.1, -0.05) is 46.3 Å². The molecule has 208 valence electrons. The van der Waals surface area contributed by atoms with Crippen molar-refractivity contribution in [3.63, 3.8) is 0 Å². The summed E-state index contributed by atoms with van der Waals surface area (Å²) < 4.78 is 34.7. The molecule has 3 aromatic carbocycles. The fourth-order valence-electron chi connectivity index (χ4n) is 3.89. The summed E-state index contributed by atoms with van der Waals surface area (Å²) in [6.45, 7) is 6.81. The highest BCUT2D eigenvalue weighted by Crippen LogP contribution is 2.26. The molecule has 3 aromatic rings. The van der Waals surface area contributed by atoms with Crippen LogP contribution in [0.2, 0.25) is 0 Å². The maximum atomic E-state index is 13.9. The van der Waals surface area contributed by atoms with Crippen LogP contribution in [0.25, 0.3) is 0 Å². The molecule has 0 unspecified atom stereocenters. The fraction of sp³-hybridized carbons (Fsp3) is 0.310. The maximum Gasteiger partial charge on any atom is 0.264 e. The summed E-state index contributed by atoms with van der Waals surface area (Å²) in [6.07, 6.45) is 0. The van der Waals surface area contributed by atoms with Crippen molar-refractivity contribution in [2.45, 2.75) is 50.7 Å². The SMILES string of the molecule is COc1ccc(N(CC(=O)N(Cc2cccc(Br)c2)[C@H](C)C(=O)NC(C)(C)C)S(=O)(=O)c2ccccc2)cc1. The lowest BCUT2D eigenvalue weighted by molar-refractivity contribution is -0.140. The van der Waals surface area contributed by atoms with Crippen molar-refractivity contribution in [2.75, 3.05) is 18.0 Å². The van der Waals surface area contributed by atoms with E-state index in [9.17, 15) is 18.0 Å². The van der Waals surface area contributed by atoms with E-state index in [1.807, 2.05) is 45.0 Å². The van der Waals surface area contributed by atoms with Crippen LogP contribution < -0.4 is 14.4 Å². The third-order valence-electron chi connectivity index (χ3n) is 5.88. The predicted molar refractivity (Wildman–Crippen MR) is 156 cm³/mol. The Labute approximate surface area is 239 Å². The molecule has 0 saturated carbocycles. The predicted octanol–water partition coefficient (Wildman–Crippen LogP) is 4.99. The first-order valence-corrected chi connectivity index (χ1v) is 14.6. The van der Waals surface area contributed by atoms with Crippen LogP contribution in [0.4, 0.5) is 5.69 Å². The van der Waals surface area contributed by atoms with Gasteiger partial charge in [0, 0.05) is 16.6 Å². The van der Waals surface area contributed by atoms with Crippen molar-refractivity contribution in [3.05, 3.63) is 88.9 Å². The number of carbonyl (C=O) groups is 2. The van der Waals surface area contributed by atoms with Gasteiger partial charge >= 0.3 is 0 Å². The summed E-state index contributed by atoms with van der Waals surface area (Å²) in [5.74, 6) is -0.319. The number of nitrogens with zero attached hydrogens (tertiary/aromatic N) is 2. The van der Waals surface area contributed by atoms with E-state index in [1.165, 1.54) is 24.1 Å². The molecule has 10 heteroatoms. The Balaban J connectivity index is 2.03. The van der Waals surface area contributed by atoms with Crippen LogP contribution in [-0.2, 0) is 26.2 Å². The molecule has 0 bridgehead atoms. The molecule has 8 nitrogen and oxygen atoms in total. The topological polar surface area (TPSA) is 96.0 Å². The number of nitrogens with one attached hydrogen (secondary N) is 1. The van der Waals surface area contributed by atoms with E-state index in [4.69, 9.17) is 4.74 Å². The van der Waals surface area contributed by atoms with Gasteiger partial charge in [-0.05, 0) is 81.8 Å². The first kappa shape index (κ1) is 30.2. The number of halogens is 1. The van der Waals surface area contributed by atoms with Gasteiger partial charge in [0.25, 0.3) is 10.0 Å². The molecule has 0 aliphatic rings. The third kappa shape index (κ3) is 8.06. The van der Waals surface area contributed by atoms with Crippen molar-refractivity contribution >= 4 is 43.5 Å². The van der Waals surface area contributed by atoms with Crippen LogP contribution >= 0.6 is 15.9 Å². The smallest absolute Gasteiger partial charge is 0.264 e. The molecule has 0 fully saturated rings. The minimum atomic E-state index is -4.12. The number of rotatable bonds is 10. The van der Waals surface area contributed by atoms with Gasteiger partial charge < -0.3 is 15.0 Å². The molecular formula is C29H34BrN3O5S. The van der Waals surface area contributed by atoms with Crippen LogP contribution in [0.3, 0.4) is 0 Å². The number of methoxy groups -OCH3 is 1. The zero-order valence-electron chi connectivity index (χ0n) is 22.7. The first-order valence-electron chi connectivity index (χ1n) is 12.4. The quantitative estimate of drug-likeness (QED) is 0.347. The molecule has 0 aromatic heterocycles. The van der Waals surface area contributed by atoms with E-state index in [0.29, 0.717) is 11.4 Å². The number of amides is 2. The minimum Gasteiger partial charge on any atom is -0.497 e. The van der Waals surface area contributed by atoms with Crippen molar-refractivity contribution in [1.29, 1.82) is 0 Å². The molecule has 1 atom stereocenters. The molecule has 1 N–H and O–H groups in total. The lowest BCUT2D eigenvalue weighted by Gasteiger charge is -2.33. The second kappa shape index (κ2) is 12.7. The van der Waals surface area contributed by atoms with Crippen molar-refractivity contribution < 1.29 is 22.7 Å². The van der Waals surface area contributed by atoms with Gasteiger partial charge in [-0.2, -0.15) is 0 Å². The monoisotopic (exact) mass is 615 g/mol. The number of hydrogen-bond acceptors (Lipinski definition) is 5. The number of carbonyl (C=O) groups excluding carboxylic acids is 2. The Morgan fingerprint density at radius 1 is 0.974 bits per heavy atom. The Bertz CT molecular complexity index is 1390. The van der Waals surface area contributed by atoms with Gasteiger partial charge in [-0.15, -0.1) is 0 Å². The molecule has 0 heterocycles. The maximum absolute atomic E-state index is 13.9. The summed E-state index contributed by atoms with van der Waals surface area (Å²) in [5, 5.41) is 2.92. The second-order valence-corrected chi connectivity index (χ2v) is 12.9. The molecule has 0 radical (unpaired) electrons. The normalized spacial score (nSPS) is 12.4. The van der Waals surface area contributed by atoms with Gasteiger partial charge in [-0.3, -0.25) is 13.9 Å².